The fourth-order valence-corrected chi connectivity index (χ4v) is 6.38. The van der Waals surface area contributed by atoms with Crippen molar-refractivity contribution in [1.29, 1.82) is 0 Å². The number of carboxylic acid groups (broad SMARTS) is 2. The van der Waals surface area contributed by atoms with Crippen molar-refractivity contribution in [3.63, 3.8) is 0 Å². The average Bonchev–Trinajstić information content (AvgIpc) is 3.60. The number of anilines is 3. The summed E-state index contributed by atoms with van der Waals surface area (Å²) in [5, 5.41) is 27.6. The zero-order chi connectivity index (χ0) is 40.0. The minimum absolute atomic E-state index is 0.00152. The number of thioether (sulfide) groups is 1. The van der Waals surface area contributed by atoms with Crippen molar-refractivity contribution < 1.29 is 61.2 Å². The summed E-state index contributed by atoms with van der Waals surface area (Å²) in [5.41, 5.74) is 21.1. The molecule has 0 bridgehead atoms. The Morgan fingerprint density at radius 2 is 1.81 bits per heavy atom. The third-order valence-electron chi connectivity index (χ3n) is 7.25. The van der Waals surface area contributed by atoms with Crippen LogP contribution in [0.4, 0.5) is 21.4 Å². The number of aromatic nitrogens is 4. The van der Waals surface area contributed by atoms with Crippen molar-refractivity contribution in [2.24, 2.45) is 23.7 Å². The van der Waals surface area contributed by atoms with Gasteiger partial charge in [0.15, 0.2) is 23.2 Å². The molecule has 0 radical (unpaired) electrons. The summed E-state index contributed by atoms with van der Waals surface area (Å²) in [7, 11) is -3.30. The molecule has 4 heterocycles. The summed E-state index contributed by atoms with van der Waals surface area (Å²) in [6.07, 6.45) is 1.54. The fourth-order valence-electron chi connectivity index (χ4n) is 4.61. The van der Waals surface area contributed by atoms with Crippen LogP contribution in [0.15, 0.2) is 22.6 Å². The summed E-state index contributed by atoms with van der Waals surface area (Å²) < 4.78 is 39.9. The van der Waals surface area contributed by atoms with Crippen LogP contribution >= 0.6 is 23.3 Å². The van der Waals surface area contributed by atoms with Gasteiger partial charge in [-0.1, -0.05) is 5.16 Å². The molecule has 1 saturated heterocycles. The smallest absolute Gasteiger partial charge is 0.352 e. The lowest BCUT2D eigenvalue weighted by Gasteiger charge is -2.49. The van der Waals surface area contributed by atoms with Crippen molar-refractivity contribution >= 4 is 85.8 Å². The van der Waals surface area contributed by atoms with E-state index in [0.717, 1.165) is 16.4 Å². The predicted octanol–water partition coefficient (Wildman–Crippen LogP) is -3.89. The molecule has 53 heavy (non-hydrogen) atoms. The Morgan fingerprint density at radius 3 is 2.32 bits per heavy atom. The maximum absolute atomic E-state index is 13.3. The van der Waals surface area contributed by atoms with E-state index in [9.17, 15) is 34.2 Å². The molecule has 0 unspecified atom stereocenters. The number of fused-ring (bicyclic) bond motifs is 1. The number of hydrogen-bond donors (Lipinski definition) is 9. The van der Waals surface area contributed by atoms with Gasteiger partial charge >= 0.3 is 18.0 Å². The quantitative estimate of drug-likeness (QED) is 0.0220. The van der Waals surface area contributed by atoms with Crippen LogP contribution in [0.1, 0.15) is 19.7 Å². The molecule has 2 aromatic rings. The average molecular weight is 808 g/mol. The number of nitrogens with one attached hydrogen (secondary N) is 2. The number of hydrogen-bond acceptors (Lipinski definition) is 18. The van der Waals surface area contributed by atoms with Gasteiger partial charge in [-0.2, -0.15) is 9.36 Å². The Labute approximate surface area is 308 Å². The van der Waals surface area contributed by atoms with Gasteiger partial charge in [-0.25, -0.2) is 22.8 Å². The Balaban J connectivity index is 0.00000141. The molecular weight excluding hydrogens is 771 g/mol. The number of aliphatic carboxylic acids is 2. The molecule has 0 saturated carbocycles. The molecule has 0 spiro atoms. The molecule has 4 amide bonds. The standard InChI is InChI=1S/C25H35N13O8S2.H2O4S/c1-25(2,22(43)44)46-33-13(17-32-23(29)48-34-17)18(39)31-14-19(40)38-15(21(41)42)11(10-47-20(14)38)8-37-9-12(16(28)35(37)3)30-24(45)36(6-4-26)7-5-27;1-5(2,3)4/h9,14,20,28H,4-8,10,26-27H2,1-3H3,(H6,29,30,31,32,34,39,41,42,43,44,45);(H2,1,2,3,4)/b33-13-;/t14-,20-;/m1./s1. The number of nitrogens with two attached hydrogens (primary N) is 4. The van der Waals surface area contributed by atoms with Crippen molar-refractivity contribution in [2.45, 2.75) is 37.4 Å². The summed E-state index contributed by atoms with van der Waals surface area (Å²) in [5.74, 6) is -4.32. The fraction of sp³-hybridized carbons (Fsp3) is 0.480. The normalized spacial score (nSPS) is 17.2. The first-order valence-electron chi connectivity index (χ1n) is 14.9. The number of carbonyl (C=O) groups excluding carboxylic acids is 3. The highest BCUT2D eigenvalue weighted by Crippen LogP contribution is 2.40. The Kier molecular flexibility index (Phi) is 13.7. The highest BCUT2D eigenvalue weighted by atomic mass is 32.3. The first-order valence-corrected chi connectivity index (χ1v) is 18.1. The van der Waals surface area contributed by atoms with Crippen molar-refractivity contribution in [3.05, 3.63) is 23.3 Å². The molecule has 2 atom stereocenters. The van der Waals surface area contributed by atoms with E-state index >= 15 is 0 Å². The van der Waals surface area contributed by atoms with Gasteiger partial charge < -0.3 is 52.8 Å². The lowest BCUT2D eigenvalue weighted by Crippen LogP contribution is -2.71. The van der Waals surface area contributed by atoms with Gasteiger partial charge in [0.25, 0.3) is 11.8 Å². The van der Waals surface area contributed by atoms with Crippen LogP contribution in [0.2, 0.25) is 0 Å². The van der Waals surface area contributed by atoms with E-state index in [0.29, 0.717) is 5.57 Å². The number of amides is 4. The van der Waals surface area contributed by atoms with Crippen LogP contribution in [0.25, 0.3) is 0 Å². The number of urea groups is 1. The minimum atomic E-state index is -4.92. The van der Waals surface area contributed by atoms with Gasteiger partial charge in [-0.3, -0.25) is 24.4 Å². The van der Waals surface area contributed by atoms with Crippen LogP contribution in [-0.4, -0.2) is 136 Å². The number of β-lactam (4-membered cyclic amide) rings is 1. The molecule has 2 aliphatic heterocycles. The lowest BCUT2D eigenvalue weighted by atomic mass is 10.0. The van der Waals surface area contributed by atoms with E-state index in [2.05, 4.69) is 25.1 Å². The number of rotatable bonds is 14. The third-order valence-corrected chi connectivity index (χ3v) is 9.14. The second-order valence-electron chi connectivity index (χ2n) is 11.4. The molecule has 1 fully saturated rings. The summed E-state index contributed by atoms with van der Waals surface area (Å²) in [6, 6.07) is -1.63. The van der Waals surface area contributed by atoms with E-state index in [1.54, 1.807) is 11.7 Å². The Morgan fingerprint density at radius 1 is 1.21 bits per heavy atom. The largest absolute Gasteiger partial charge is 0.726 e. The molecule has 2 aliphatic rings. The zero-order valence-electron chi connectivity index (χ0n) is 28.2. The van der Waals surface area contributed by atoms with Gasteiger partial charge in [-0.05, 0) is 13.8 Å². The van der Waals surface area contributed by atoms with E-state index in [1.807, 2.05) is 0 Å². The number of carboxylic acids is 2. The predicted molar refractivity (Wildman–Crippen MR) is 184 cm³/mol. The Bertz CT molecular complexity index is 1910. The molecule has 25 nitrogen and oxygen atoms in total. The summed E-state index contributed by atoms with van der Waals surface area (Å²) in [6.45, 7) is 3.42. The molecule has 4 rings (SSSR count). The maximum atomic E-state index is 13.3. The van der Waals surface area contributed by atoms with Gasteiger partial charge in [0, 0.05) is 49.0 Å². The van der Waals surface area contributed by atoms with Crippen LogP contribution < -0.4 is 38.3 Å². The maximum Gasteiger partial charge on any atom is 0.352 e. The summed E-state index contributed by atoms with van der Waals surface area (Å²) >= 11 is 1.96. The number of nitrogens with zero attached hydrogens (tertiary/aromatic N) is 7. The van der Waals surface area contributed by atoms with E-state index in [-0.39, 0.29) is 66.6 Å². The second-order valence-corrected chi connectivity index (χ2v) is 14.1. The lowest BCUT2D eigenvalue weighted by molar-refractivity contribution is -0.765. The molecule has 2 aromatic heterocycles. The molecule has 0 aliphatic carbocycles. The number of oxime groups is 1. The second kappa shape index (κ2) is 17.1. The molecule has 292 valence electrons. The van der Waals surface area contributed by atoms with Gasteiger partial charge in [0.2, 0.25) is 33.7 Å². The Hall–Kier alpha value is -5.13. The van der Waals surface area contributed by atoms with Crippen LogP contribution in [0, 0.1) is 0 Å². The van der Waals surface area contributed by atoms with Crippen LogP contribution in [0.5, 0.6) is 0 Å². The van der Waals surface area contributed by atoms with Crippen molar-refractivity contribution in [2.75, 3.05) is 48.7 Å². The molecule has 0 aromatic carbocycles. The molecule has 13 N–H and O–H groups in total. The molecule has 28 heteroatoms. The highest BCUT2D eigenvalue weighted by molar-refractivity contribution is 8.00. The van der Waals surface area contributed by atoms with E-state index in [4.69, 9.17) is 45.3 Å². The SMILES string of the molecule is Cn1c(N)c(NC(=O)N(CCN)CCN)c[n+]1CC1=C(C(=O)O)N2C(=O)[C@@H](NC(=O)/C(=N\OC(C)(C)C(=O)O)c3nsc(N)n3)[C@H]2SC1.O=S(=O)([O-])O. The third kappa shape index (κ3) is 10.5. The van der Waals surface area contributed by atoms with Gasteiger partial charge in [-0.15, -0.1) is 21.1 Å². The first-order chi connectivity index (χ1) is 24.6. The number of carbonyl (C=O) groups is 5. The monoisotopic (exact) mass is 807 g/mol. The zero-order valence-corrected chi connectivity index (χ0v) is 30.6. The highest BCUT2D eigenvalue weighted by Gasteiger charge is 2.55. The van der Waals surface area contributed by atoms with Crippen LogP contribution in [0.3, 0.4) is 0 Å². The van der Waals surface area contributed by atoms with Gasteiger partial charge in [0.05, 0.1) is 7.05 Å². The minimum Gasteiger partial charge on any atom is -0.726 e. The first kappa shape index (κ1) is 42.3. The van der Waals surface area contributed by atoms with E-state index in [1.165, 1.54) is 41.4 Å². The topological polar surface area (TPSA) is 394 Å². The van der Waals surface area contributed by atoms with Crippen molar-refractivity contribution in [1.82, 2.24) is 29.2 Å². The summed E-state index contributed by atoms with van der Waals surface area (Å²) in [4.78, 5) is 74.8. The molecular formula is C25H37N13O12S3. The van der Waals surface area contributed by atoms with Gasteiger partial charge in [0.1, 0.15) is 17.1 Å². The van der Waals surface area contributed by atoms with Crippen LogP contribution in [-0.2, 0) is 48.0 Å². The van der Waals surface area contributed by atoms with Crippen molar-refractivity contribution in [3.8, 4) is 0 Å². The number of nitrogen functional groups attached to an aromatic ring is 2. The van der Waals surface area contributed by atoms with E-state index < -0.39 is 62.9 Å².